The normalized spacial score (nSPS) is 10.6. The minimum Gasteiger partial charge on any atom is -0.493 e. The first-order chi connectivity index (χ1) is 38.3. The van der Waals surface area contributed by atoms with Gasteiger partial charge < -0.3 is 71.9 Å². The number of nitrogens with two attached hydrogens (primary N) is 2. The summed E-state index contributed by atoms with van der Waals surface area (Å²) in [5.41, 5.74) is 20.7. The van der Waals surface area contributed by atoms with Crippen molar-refractivity contribution < 1.29 is 42.9 Å². The van der Waals surface area contributed by atoms with E-state index in [4.69, 9.17) is 29.5 Å². The highest BCUT2D eigenvalue weighted by Crippen LogP contribution is 2.42. The van der Waals surface area contributed by atoms with E-state index >= 15 is 0 Å². The molecule has 0 aliphatic heterocycles. The highest BCUT2D eigenvalue weighted by atomic mass is 33.1. The number of carbonyl (C=O) groups excluding carboxylic acids is 5. The van der Waals surface area contributed by atoms with Crippen LogP contribution in [0.5, 0.6) is 23.0 Å². The van der Waals surface area contributed by atoms with Crippen LogP contribution in [-0.2, 0) is 50.0 Å². The summed E-state index contributed by atoms with van der Waals surface area (Å²) in [5.74, 6) is 1.87. The van der Waals surface area contributed by atoms with Crippen LogP contribution in [0.1, 0.15) is 69.2 Å². The van der Waals surface area contributed by atoms with E-state index < -0.39 is 0 Å². The van der Waals surface area contributed by atoms with Crippen molar-refractivity contribution in [2.24, 2.45) is 5.73 Å². The number of hydrogen-bond donors (Lipinski definition) is 8. The first-order valence-corrected chi connectivity index (χ1v) is 28.4. The standard InChI is InChI=1S/C46H54N6O6.C10H19NO2S2.C2H6.CH5N.CH2O/c1-7-34(51-29-53)21-33-13-9-11-15-37(33)38-22-42(55-5)44(24-40(38)47)57-27-30-18-31(20-35(19-30)52-46(54)26-49-3)28-58-45-25-41(50-4)39(23-43(45)56-6)36-14-10-8-12-32(36)16-17-48-2;1-10(2,15-14-3)6-4-5-9(13)11-7-8-12;3*1-2/h7-15,18-20,22-25,29,34,48-50H,1,16-17,21,26-28,47H2,2-6H3,(H,51,53)(H,52,54);8H,4-7H2,1-3H3,(H,11,13);1-2H3;2H2,1H3;1H2. The van der Waals surface area contributed by atoms with Crippen LogP contribution in [0.3, 0.4) is 0 Å². The van der Waals surface area contributed by atoms with Gasteiger partial charge in [0.1, 0.15) is 26.3 Å². The van der Waals surface area contributed by atoms with Crippen LogP contribution in [0, 0.1) is 0 Å². The van der Waals surface area contributed by atoms with Gasteiger partial charge in [-0.1, -0.05) is 90.0 Å². The summed E-state index contributed by atoms with van der Waals surface area (Å²) in [6.45, 7) is 15.7. The van der Waals surface area contributed by atoms with Crippen molar-refractivity contribution in [3.63, 3.8) is 0 Å². The average Bonchev–Trinajstić information content (AvgIpc) is 3.51. The second-order valence-electron chi connectivity index (χ2n) is 17.4. The van der Waals surface area contributed by atoms with Crippen molar-refractivity contribution in [2.45, 2.75) is 83.8 Å². The topological polar surface area (TPSA) is 246 Å². The summed E-state index contributed by atoms with van der Waals surface area (Å²) in [4.78, 5) is 53.0. The highest BCUT2D eigenvalue weighted by Gasteiger charge is 2.20. The van der Waals surface area contributed by atoms with Crippen molar-refractivity contribution in [1.29, 1.82) is 0 Å². The quantitative estimate of drug-likeness (QED) is 0.00924. The molecular formula is C60H86N8O9S2. The smallest absolute Gasteiger partial charge is 0.238 e. The van der Waals surface area contributed by atoms with E-state index in [1.165, 1.54) is 12.6 Å². The van der Waals surface area contributed by atoms with E-state index in [1.807, 2.05) is 112 Å². The number of hydrogen-bond acceptors (Lipinski definition) is 16. The lowest BCUT2D eigenvalue weighted by Crippen LogP contribution is -2.27. The molecule has 1 unspecified atom stereocenters. The van der Waals surface area contributed by atoms with Crippen molar-refractivity contribution in [1.82, 2.24) is 21.3 Å². The maximum atomic E-state index is 12.7. The van der Waals surface area contributed by atoms with Crippen LogP contribution in [-0.4, -0.2) is 110 Å². The van der Waals surface area contributed by atoms with Crippen LogP contribution in [0.25, 0.3) is 22.3 Å². The third-order valence-corrected chi connectivity index (χ3v) is 14.2. The van der Waals surface area contributed by atoms with Gasteiger partial charge in [-0.05, 0) is 137 Å². The lowest BCUT2D eigenvalue weighted by atomic mass is 9.94. The minimum atomic E-state index is -0.242. The van der Waals surface area contributed by atoms with E-state index in [2.05, 4.69) is 82.5 Å². The summed E-state index contributed by atoms with van der Waals surface area (Å²) in [5, 5.41) is 17.7. The summed E-state index contributed by atoms with van der Waals surface area (Å²) >= 11 is 0. The number of carbonyl (C=O) groups is 5. The molecule has 0 aliphatic carbocycles. The van der Waals surface area contributed by atoms with Crippen LogP contribution < -0.4 is 62.3 Å². The Kier molecular flexibility index (Phi) is 35.6. The van der Waals surface area contributed by atoms with Crippen LogP contribution in [0.2, 0.25) is 0 Å². The molecule has 0 fully saturated rings. The molecule has 3 amide bonds. The Balaban J connectivity index is 0.00000127. The Morgan fingerprint density at radius 1 is 0.747 bits per heavy atom. The van der Waals surface area contributed by atoms with Gasteiger partial charge in [0.15, 0.2) is 23.0 Å². The Morgan fingerprint density at radius 3 is 1.85 bits per heavy atom. The van der Waals surface area contributed by atoms with Crippen molar-refractivity contribution in [3.8, 4) is 45.3 Å². The molecule has 0 saturated carbocycles. The number of methoxy groups -OCH3 is 2. The molecule has 0 saturated heterocycles. The Morgan fingerprint density at radius 2 is 1.32 bits per heavy atom. The molecule has 19 heteroatoms. The number of amides is 3. The van der Waals surface area contributed by atoms with E-state index in [0.29, 0.717) is 59.9 Å². The molecule has 0 aromatic heterocycles. The first-order valence-electron chi connectivity index (χ1n) is 25.9. The molecule has 5 rings (SSSR count). The lowest BCUT2D eigenvalue weighted by molar-refractivity contribution is -0.122. The molecule has 1 atom stereocenters. The lowest BCUT2D eigenvalue weighted by Gasteiger charge is -2.21. The number of ether oxygens (including phenoxy) is 4. The second kappa shape index (κ2) is 40.2. The van der Waals surface area contributed by atoms with Crippen molar-refractivity contribution in [2.75, 3.05) is 84.7 Å². The van der Waals surface area contributed by atoms with E-state index in [1.54, 1.807) is 44.2 Å². The highest BCUT2D eigenvalue weighted by molar-refractivity contribution is 8.76. The predicted octanol–water partition coefficient (Wildman–Crippen LogP) is 9.26. The van der Waals surface area contributed by atoms with Crippen LogP contribution in [0.4, 0.5) is 17.1 Å². The Labute approximate surface area is 477 Å². The van der Waals surface area contributed by atoms with Gasteiger partial charge in [-0.3, -0.25) is 14.4 Å². The summed E-state index contributed by atoms with van der Waals surface area (Å²) < 4.78 is 24.6. The van der Waals surface area contributed by atoms with Gasteiger partial charge in [0.05, 0.1) is 33.4 Å². The SMILES string of the molecule is C=CC(Cc1ccccc1-c1cc(OC)c(OCc2cc(COc3cc(NC)c(-c4ccccc4CCNC)cc3OC)cc(NC(=O)CNC)c2)cc1N)NC=O.C=O.CC.CN.CSSC(C)(C)CCCC(=O)NCC=O. The van der Waals surface area contributed by atoms with Gasteiger partial charge in [0.2, 0.25) is 18.2 Å². The van der Waals surface area contributed by atoms with Gasteiger partial charge in [0, 0.05) is 58.5 Å². The average molecular weight is 1130 g/mol. The maximum Gasteiger partial charge on any atom is 0.238 e. The van der Waals surface area contributed by atoms with Gasteiger partial charge in [-0.25, -0.2) is 0 Å². The third kappa shape index (κ3) is 24.3. The van der Waals surface area contributed by atoms with Gasteiger partial charge in [-0.2, -0.15) is 0 Å². The molecule has 10 N–H and O–H groups in total. The molecule has 0 spiro atoms. The summed E-state index contributed by atoms with van der Waals surface area (Å²) in [6, 6.07) is 29.2. The monoisotopic (exact) mass is 1130 g/mol. The molecule has 79 heavy (non-hydrogen) atoms. The fourth-order valence-corrected chi connectivity index (χ4v) is 10.3. The second-order valence-corrected chi connectivity index (χ2v) is 20.5. The maximum absolute atomic E-state index is 12.7. The number of anilines is 3. The predicted molar refractivity (Wildman–Crippen MR) is 330 cm³/mol. The fraction of sp³-hybridized carbons (Fsp3) is 0.383. The molecule has 5 aromatic rings. The van der Waals surface area contributed by atoms with Crippen molar-refractivity contribution in [3.05, 3.63) is 126 Å². The number of aldehydes is 1. The fourth-order valence-electron chi connectivity index (χ4n) is 7.97. The van der Waals surface area contributed by atoms with Crippen LogP contribution >= 0.6 is 21.6 Å². The number of nitrogen functional groups attached to an aromatic ring is 1. The summed E-state index contributed by atoms with van der Waals surface area (Å²) in [6.07, 6.45) is 8.92. The van der Waals surface area contributed by atoms with E-state index in [0.717, 1.165) is 70.4 Å². The largest absolute Gasteiger partial charge is 0.493 e. The van der Waals surface area contributed by atoms with Gasteiger partial charge >= 0.3 is 0 Å². The number of nitrogens with one attached hydrogen (secondary N) is 6. The van der Waals surface area contributed by atoms with Gasteiger partial charge in [-0.15, -0.1) is 6.58 Å². The number of rotatable bonds is 30. The van der Waals surface area contributed by atoms with E-state index in [9.17, 15) is 19.2 Å². The zero-order valence-electron chi connectivity index (χ0n) is 48.1. The first kappa shape index (κ1) is 70.0. The minimum absolute atomic E-state index is 0.0351. The third-order valence-electron chi connectivity index (χ3n) is 11.5. The molecule has 0 aliphatic rings. The van der Waals surface area contributed by atoms with E-state index in [-0.39, 0.29) is 48.9 Å². The van der Waals surface area contributed by atoms with Gasteiger partial charge in [0.25, 0.3) is 0 Å². The molecular weight excluding hydrogens is 1040 g/mol. The molecule has 0 bridgehead atoms. The number of benzene rings is 5. The molecule has 0 heterocycles. The zero-order valence-corrected chi connectivity index (χ0v) is 49.7. The molecule has 5 aromatic carbocycles. The number of likely N-dealkylation sites (N-methyl/N-ethyl adjacent to an activating group) is 2. The zero-order chi connectivity index (χ0) is 59.2. The molecule has 432 valence electrons. The summed E-state index contributed by atoms with van der Waals surface area (Å²) in [7, 11) is 13.8. The molecule has 0 radical (unpaired) electrons. The Bertz CT molecular complexity index is 2620. The van der Waals surface area contributed by atoms with Crippen molar-refractivity contribution >= 4 is 69.9 Å². The molecule has 17 nitrogen and oxygen atoms in total. The Hall–Kier alpha value is -7.03. The van der Waals surface area contributed by atoms with Crippen LogP contribution in [0.15, 0.2) is 104 Å².